The van der Waals surface area contributed by atoms with Gasteiger partial charge in [0, 0.05) is 0 Å². The summed E-state index contributed by atoms with van der Waals surface area (Å²) < 4.78 is 0. The first-order valence-electron chi connectivity index (χ1n) is 15.9. The van der Waals surface area contributed by atoms with Gasteiger partial charge in [-0.05, 0) is 11.1 Å². The fraction of sp³-hybridized carbons (Fsp3) is 0.0455. The van der Waals surface area contributed by atoms with Gasteiger partial charge in [0.05, 0.1) is 0 Å². The summed E-state index contributed by atoms with van der Waals surface area (Å²) in [5, 5.41) is 9.76. The molecule has 0 atom stereocenters. The predicted octanol–water partition coefficient (Wildman–Crippen LogP) is 12.6. The second-order valence-corrected chi connectivity index (χ2v) is 18.3. The molecule has 0 bridgehead atoms. The van der Waals surface area contributed by atoms with Gasteiger partial charge in [0.2, 0.25) is 0 Å². The quantitative estimate of drug-likeness (QED) is 0.122. The summed E-state index contributed by atoms with van der Waals surface area (Å²) in [7, 11) is 0. The van der Waals surface area contributed by atoms with Crippen molar-refractivity contribution >= 4 is 85.4 Å². The SMILES string of the molecule is Cc1cc2c(-c3ccccc3)cccc2[cH-]1.Cc1cc2c(-c3ccccc3)cccc2[cH-]1.Cl.Cl.Clc1ccc([Si](=[Zr+2])c2ccc(Cl)cc2)cc1. The van der Waals surface area contributed by atoms with E-state index in [-0.39, 0.29) is 24.8 Å². The van der Waals surface area contributed by atoms with Crippen molar-refractivity contribution in [2.75, 3.05) is 0 Å². The zero-order chi connectivity index (χ0) is 33.5. The molecule has 0 unspecified atom stereocenters. The molecule has 8 rings (SSSR count). The van der Waals surface area contributed by atoms with E-state index in [4.69, 9.17) is 23.2 Å². The van der Waals surface area contributed by atoms with Crippen LogP contribution in [-0.2, 0) is 23.3 Å². The van der Waals surface area contributed by atoms with Gasteiger partial charge in [0.15, 0.2) is 0 Å². The Bertz CT molecular complexity index is 2110. The minimum atomic E-state index is -0.605. The monoisotopic (exact) mass is 822 g/mol. The molecule has 0 aliphatic carbocycles. The molecule has 0 fully saturated rings. The van der Waals surface area contributed by atoms with E-state index in [1.807, 2.05) is 24.3 Å². The molecule has 0 saturated carbocycles. The molecular formula is C44H36Cl4SiZr. The molecule has 0 aliphatic rings. The Balaban J connectivity index is 0.000000165. The van der Waals surface area contributed by atoms with E-state index in [1.54, 1.807) is 23.3 Å². The maximum atomic E-state index is 5.88. The Hall–Kier alpha value is -3.20. The minimum absolute atomic E-state index is 0. The number of hydrogen-bond donors (Lipinski definition) is 0. The van der Waals surface area contributed by atoms with Crippen molar-refractivity contribution in [2.24, 2.45) is 0 Å². The van der Waals surface area contributed by atoms with Crippen molar-refractivity contribution in [1.29, 1.82) is 0 Å². The third-order valence-corrected chi connectivity index (χ3v) is 14.8. The first-order chi connectivity index (χ1) is 23.4. The number of halogens is 4. The average molecular weight is 826 g/mol. The van der Waals surface area contributed by atoms with Gasteiger partial charge >= 0.3 is 121 Å². The third-order valence-electron chi connectivity index (χ3n) is 8.23. The van der Waals surface area contributed by atoms with Crippen molar-refractivity contribution in [3.8, 4) is 22.3 Å². The Morgan fingerprint density at radius 2 is 0.820 bits per heavy atom. The standard InChI is InChI=1S/2C16H13.C12H8Cl2Si.2ClH.Zr/c2*1-12-10-14-8-5-9-15(16(14)11-12)13-6-3-2-4-7-13;13-9-1-5-11(6-2-9)15-12-7-3-10(14)4-8-12;;;/h2*2-11H,1H3;1-8H;2*1H;/q2*-1;;;;+2. The molecule has 0 heterocycles. The van der Waals surface area contributed by atoms with E-state index < -0.39 is 5.43 Å². The summed E-state index contributed by atoms with van der Waals surface area (Å²) >= 11 is 13.3. The van der Waals surface area contributed by atoms with Crippen molar-refractivity contribution in [3.05, 3.63) is 191 Å². The number of benzene rings is 6. The van der Waals surface area contributed by atoms with Crippen LogP contribution in [0.25, 0.3) is 43.8 Å². The van der Waals surface area contributed by atoms with Crippen molar-refractivity contribution in [3.63, 3.8) is 0 Å². The van der Waals surface area contributed by atoms with Gasteiger partial charge in [-0.15, -0.1) is 93.9 Å². The Morgan fingerprint density at radius 1 is 0.460 bits per heavy atom. The molecule has 8 aromatic carbocycles. The normalized spacial score (nSPS) is 10.2. The van der Waals surface area contributed by atoms with Gasteiger partial charge in [-0.3, -0.25) is 0 Å². The summed E-state index contributed by atoms with van der Waals surface area (Å²) in [5.74, 6) is 0. The van der Waals surface area contributed by atoms with E-state index in [2.05, 4.69) is 159 Å². The molecule has 0 aliphatic heterocycles. The molecule has 0 aromatic heterocycles. The molecule has 6 heteroatoms. The number of hydrogen-bond acceptors (Lipinski definition) is 0. The van der Waals surface area contributed by atoms with Crippen LogP contribution in [0.1, 0.15) is 11.1 Å². The van der Waals surface area contributed by atoms with Gasteiger partial charge in [0.25, 0.3) is 0 Å². The molecule has 0 N–H and O–H groups in total. The molecule has 0 amide bonds. The zero-order valence-corrected chi connectivity index (χ0v) is 34.3. The van der Waals surface area contributed by atoms with Crippen molar-refractivity contribution in [1.82, 2.24) is 0 Å². The van der Waals surface area contributed by atoms with Crippen LogP contribution in [0.15, 0.2) is 170 Å². The summed E-state index contributed by atoms with van der Waals surface area (Å²) in [6.45, 7) is 4.30. The van der Waals surface area contributed by atoms with Crippen LogP contribution in [0.2, 0.25) is 10.0 Å². The fourth-order valence-electron chi connectivity index (χ4n) is 5.91. The molecule has 248 valence electrons. The van der Waals surface area contributed by atoms with E-state index in [0.717, 1.165) is 10.0 Å². The first-order valence-corrected chi connectivity index (χ1v) is 21.8. The average Bonchev–Trinajstić information content (AvgIpc) is 3.70. The first kappa shape index (κ1) is 39.6. The summed E-state index contributed by atoms with van der Waals surface area (Å²) in [4.78, 5) is 0. The van der Waals surface area contributed by atoms with Crippen molar-refractivity contribution in [2.45, 2.75) is 13.8 Å². The second kappa shape index (κ2) is 18.9. The molecule has 8 aromatic rings. The number of fused-ring (bicyclic) bond motifs is 2. The second-order valence-electron chi connectivity index (χ2n) is 11.8. The summed E-state index contributed by atoms with van der Waals surface area (Å²) in [6, 6.07) is 59.4. The molecule has 0 radical (unpaired) electrons. The van der Waals surface area contributed by atoms with Crippen LogP contribution in [0.3, 0.4) is 0 Å². The summed E-state index contributed by atoms with van der Waals surface area (Å²) in [6.07, 6.45) is 0. The fourth-order valence-corrected chi connectivity index (χ4v) is 9.95. The van der Waals surface area contributed by atoms with Gasteiger partial charge in [0.1, 0.15) is 0 Å². The molecule has 50 heavy (non-hydrogen) atoms. The zero-order valence-electron chi connectivity index (χ0n) is 27.7. The van der Waals surface area contributed by atoms with E-state index in [0.29, 0.717) is 0 Å². The van der Waals surface area contributed by atoms with Crippen LogP contribution < -0.4 is 10.4 Å². The maximum absolute atomic E-state index is 5.88. The van der Waals surface area contributed by atoms with E-state index >= 15 is 0 Å². The van der Waals surface area contributed by atoms with E-state index in [1.165, 1.54) is 65.3 Å². The predicted molar refractivity (Wildman–Crippen MR) is 222 cm³/mol. The summed E-state index contributed by atoms with van der Waals surface area (Å²) in [5.41, 5.74) is 7.29. The van der Waals surface area contributed by atoms with Gasteiger partial charge in [-0.1, -0.05) is 97.8 Å². The van der Waals surface area contributed by atoms with Gasteiger partial charge < -0.3 is 0 Å². The third kappa shape index (κ3) is 9.98. The van der Waals surface area contributed by atoms with Crippen LogP contribution in [0.5, 0.6) is 0 Å². The molecular weight excluding hydrogens is 790 g/mol. The Labute approximate surface area is 333 Å². The number of aryl methyl sites for hydroxylation is 2. The molecule has 0 spiro atoms. The molecule has 0 nitrogen and oxygen atoms in total. The van der Waals surface area contributed by atoms with Crippen LogP contribution in [0, 0.1) is 13.8 Å². The van der Waals surface area contributed by atoms with Gasteiger partial charge in [-0.25, -0.2) is 0 Å². The molecule has 0 saturated heterocycles. The Kier molecular flexibility index (Phi) is 14.9. The van der Waals surface area contributed by atoms with Crippen LogP contribution in [-0.4, -0.2) is 5.43 Å². The van der Waals surface area contributed by atoms with Crippen LogP contribution in [0.4, 0.5) is 0 Å². The topological polar surface area (TPSA) is 0 Å². The van der Waals surface area contributed by atoms with Crippen molar-refractivity contribution < 1.29 is 23.3 Å². The number of rotatable bonds is 4. The van der Waals surface area contributed by atoms with Crippen LogP contribution >= 0.6 is 48.0 Å². The van der Waals surface area contributed by atoms with E-state index in [9.17, 15) is 0 Å². The van der Waals surface area contributed by atoms with Gasteiger partial charge in [-0.2, -0.15) is 12.1 Å². The Morgan fingerprint density at radius 3 is 1.18 bits per heavy atom.